The summed E-state index contributed by atoms with van der Waals surface area (Å²) in [5, 5.41) is 2.07. The van der Waals surface area contributed by atoms with Crippen LogP contribution in [0.4, 0.5) is 0 Å². The Kier molecular flexibility index (Phi) is 2.91. The molecule has 0 spiro atoms. The monoisotopic (exact) mass is 254 g/mol. The topological polar surface area (TPSA) is 58.9 Å². The summed E-state index contributed by atoms with van der Waals surface area (Å²) in [6.07, 6.45) is 5.28. The molecule has 1 aromatic carbocycles. The van der Waals surface area contributed by atoms with Crippen LogP contribution in [0.15, 0.2) is 45.9 Å². The maximum atomic E-state index is 11.5. The van der Waals surface area contributed by atoms with Crippen molar-refractivity contribution in [3.63, 3.8) is 0 Å². The smallest absolute Gasteiger partial charge is 0.408 e. The van der Waals surface area contributed by atoms with E-state index in [0.717, 1.165) is 34.9 Å². The second-order valence-corrected chi connectivity index (χ2v) is 4.48. The van der Waals surface area contributed by atoms with Gasteiger partial charge in [-0.15, -0.1) is 0 Å². The minimum Gasteiger partial charge on any atom is -0.408 e. The highest BCUT2D eigenvalue weighted by molar-refractivity contribution is 5.94. The molecular formula is C15H14N2O2. The Balaban J connectivity index is 2.27. The highest BCUT2D eigenvalue weighted by Gasteiger charge is 2.14. The number of pyridine rings is 1. The average molecular weight is 254 g/mol. The van der Waals surface area contributed by atoms with Crippen molar-refractivity contribution >= 4 is 10.8 Å². The molecule has 0 saturated carbocycles. The minimum absolute atomic E-state index is 0.411. The number of nitrogens with one attached hydrogen (secondary N) is 1. The molecule has 96 valence electrons. The van der Waals surface area contributed by atoms with Crippen LogP contribution in [0.3, 0.4) is 0 Å². The number of aromatic nitrogens is 2. The standard InChI is InChI=1S/C15H14N2O2/c1-2-5-13-14(19-15(18)17-13)12-9-16-8-10-6-3-4-7-11(10)12/h3-4,6-9H,2,5H2,1H3,(H,17,18). The van der Waals surface area contributed by atoms with E-state index >= 15 is 0 Å². The SMILES string of the molecule is CCCc1[nH]c(=O)oc1-c1cncc2ccccc12. The highest BCUT2D eigenvalue weighted by atomic mass is 16.4. The second kappa shape index (κ2) is 4.72. The number of H-pyrrole nitrogens is 1. The fourth-order valence-corrected chi connectivity index (χ4v) is 2.30. The number of fused-ring (bicyclic) bond motifs is 1. The molecule has 0 atom stereocenters. The molecule has 0 aliphatic heterocycles. The lowest BCUT2D eigenvalue weighted by Crippen LogP contribution is -1.96. The quantitative estimate of drug-likeness (QED) is 0.781. The number of oxazole rings is 1. The van der Waals surface area contributed by atoms with E-state index in [1.54, 1.807) is 6.20 Å². The molecule has 4 heteroatoms. The molecule has 1 N–H and O–H groups in total. The van der Waals surface area contributed by atoms with Crippen LogP contribution in [0.1, 0.15) is 19.0 Å². The number of benzene rings is 1. The van der Waals surface area contributed by atoms with Crippen molar-refractivity contribution in [2.24, 2.45) is 0 Å². The predicted octanol–water partition coefficient (Wildman–Crippen LogP) is 3.14. The largest absolute Gasteiger partial charge is 0.417 e. The third-order valence-corrected chi connectivity index (χ3v) is 3.13. The fourth-order valence-electron chi connectivity index (χ4n) is 2.30. The molecule has 0 radical (unpaired) electrons. The van der Waals surface area contributed by atoms with Crippen molar-refractivity contribution in [1.29, 1.82) is 0 Å². The van der Waals surface area contributed by atoms with Crippen molar-refractivity contribution in [3.05, 3.63) is 52.9 Å². The van der Waals surface area contributed by atoms with Gasteiger partial charge in [0.25, 0.3) is 0 Å². The van der Waals surface area contributed by atoms with Crippen LogP contribution >= 0.6 is 0 Å². The lowest BCUT2D eigenvalue weighted by atomic mass is 10.0. The average Bonchev–Trinajstić information content (AvgIpc) is 2.79. The first-order chi connectivity index (χ1) is 9.29. The molecule has 3 aromatic rings. The van der Waals surface area contributed by atoms with Gasteiger partial charge in [0.15, 0.2) is 5.76 Å². The Hall–Kier alpha value is -2.36. The summed E-state index contributed by atoms with van der Waals surface area (Å²) < 4.78 is 5.31. The van der Waals surface area contributed by atoms with Crippen molar-refractivity contribution in [3.8, 4) is 11.3 Å². The van der Waals surface area contributed by atoms with Crippen LogP contribution in [0.5, 0.6) is 0 Å². The van der Waals surface area contributed by atoms with Crippen molar-refractivity contribution < 1.29 is 4.42 Å². The van der Waals surface area contributed by atoms with E-state index in [0.29, 0.717) is 5.76 Å². The number of hydrogen-bond acceptors (Lipinski definition) is 3. The van der Waals surface area contributed by atoms with Gasteiger partial charge in [-0.3, -0.25) is 9.97 Å². The van der Waals surface area contributed by atoms with E-state index in [1.165, 1.54) is 0 Å². The van der Waals surface area contributed by atoms with E-state index < -0.39 is 5.76 Å². The maximum absolute atomic E-state index is 11.5. The Morgan fingerprint density at radius 1 is 1.26 bits per heavy atom. The van der Waals surface area contributed by atoms with Gasteiger partial charge in [-0.05, 0) is 11.8 Å². The first-order valence-corrected chi connectivity index (χ1v) is 6.34. The fraction of sp³-hybridized carbons (Fsp3) is 0.200. The van der Waals surface area contributed by atoms with E-state index in [2.05, 4.69) is 16.9 Å². The second-order valence-electron chi connectivity index (χ2n) is 4.48. The maximum Gasteiger partial charge on any atom is 0.417 e. The Morgan fingerprint density at radius 3 is 2.95 bits per heavy atom. The van der Waals surface area contributed by atoms with Crippen LogP contribution in [0, 0.1) is 0 Å². The van der Waals surface area contributed by atoms with Crippen LogP contribution in [0.2, 0.25) is 0 Å². The molecule has 0 unspecified atom stereocenters. The number of hydrogen-bond donors (Lipinski definition) is 1. The molecule has 19 heavy (non-hydrogen) atoms. The molecule has 0 saturated heterocycles. The normalized spacial score (nSPS) is 11.0. The van der Waals surface area contributed by atoms with E-state index in [1.807, 2.05) is 30.5 Å². The van der Waals surface area contributed by atoms with Crippen molar-refractivity contribution in [2.45, 2.75) is 19.8 Å². The summed E-state index contributed by atoms with van der Waals surface area (Å²) in [6, 6.07) is 7.94. The third-order valence-electron chi connectivity index (χ3n) is 3.13. The summed E-state index contributed by atoms with van der Waals surface area (Å²) in [7, 11) is 0. The highest BCUT2D eigenvalue weighted by Crippen LogP contribution is 2.29. The molecule has 0 aliphatic carbocycles. The van der Waals surface area contributed by atoms with Crippen LogP contribution in [-0.4, -0.2) is 9.97 Å². The molecular weight excluding hydrogens is 240 g/mol. The lowest BCUT2D eigenvalue weighted by molar-refractivity contribution is 0.528. The summed E-state index contributed by atoms with van der Waals surface area (Å²) in [5.74, 6) is 0.197. The molecule has 0 bridgehead atoms. The van der Waals surface area contributed by atoms with Crippen molar-refractivity contribution in [2.75, 3.05) is 0 Å². The van der Waals surface area contributed by atoms with Gasteiger partial charge in [0.05, 0.1) is 5.69 Å². The first-order valence-electron chi connectivity index (χ1n) is 6.34. The van der Waals surface area contributed by atoms with Crippen LogP contribution in [0.25, 0.3) is 22.1 Å². The molecule has 0 fully saturated rings. The molecule has 4 nitrogen and oxygen atoms in total. The number of aromatic amines is 1. The summed E-state index contributed by atoms with van der Waals surface area (Å²) in [4.78, 5) is 18.4. The minimum atomic E-state index is -0.411. The van der Waals surface area contributed by atoms with Gasteiger partial charge in [-0.1, -0.05) is 37.6 Å². The lowest BCUT2D eigenvalue weighted by Gasteiger charge is -2.04. The number of nitrogens with zero attached hydrogens (tertiary/aromatic N) is 1. The first kappa shape index (κ1) is 11.7. The summed E-state index contributed by atoms with van der Waals surface area (Å²) >= 11 is 0. The Morgan fingerprint density at radius 2 is 2.11 bits per heavy atom. The predicted molar refractivity (Wildman–Crippen MR) is 74.1 cm³/mol. The Labute approximate surface area is 110 Å². The van der Waals surface area contributed by atoms with Crippen LogP contribution in [-0.2, 0) is 6.42 Å². The zero-order valence-corrected chi connectivity index (χ0v) is 10.6. The van der Waals surface area contributed by atoms with Crippen LogP contribution < -0.4 is 5.76 Å². The van der Waals surface area contributed by atoms with E-state index in [9.17, 15) is 4.79 Å². The molecule has 2 heterocycles. The number of aryl methyl sites for hydroxylation is 1. The van der Waals surface area contributed by atoms with Gasteiger partial charge in [-0.2, -0.15) is 0 Å². The van der Waals surface area contributed by atoms with E-state index in [-0.39, 0.29) is 0 Å². The zero-order valence-electron chi connectivity index (χ0n) is 10.6. The van der Waals surface area contributed by atoms with Gasteiger partial charge in [0.2, 0.25) is 0 Å². The molecule has 2 aromatic heterocycles. The zero-order chi connectivity index (χ0) is 13.2. The summed E-state index contributed by atoms with van der Waals surface area (Å²) in [5.41, 5.74) is 1.70. The Bertz CT molecular complexity index is 766. The van der Waals surface area contributed by atoms with Gasteiger partial charge < -0.3 is 4.42 Å². The van der Waals surface area contributed by atoms with E-state index in [4.69, 9.17) is 4.42 Å². The van der Waals surface area contributed by atoms with Gasteiger partial charge >= 0.3 is 5.76 Å². The summed E-state index contributed by atoms with van der Waals surface area (Å²) in [6.45, 7) is 2.07. The van der Waals surface area contributed by atoms with Gasteiger partial charge in [-0.25, -0.2) is 4.79 Å². The van der Waals surface area contributed by atoms with Gasteiger partial charge in [0.1, 0.15) is 0 Å². The number of rotatable bonds is 3. The molecule has 3 rings (SSSR count). The van der Waals surface area contributed by atoms with Gasteiger partial charge in [0, 0.05) is 23.3 Å². The molecule has 0 aliphatic rings. The molecule has 0 amide bonds. The van der Waals surface area contributed by atoms with Crippen molar-refractivity contribution in [1.82, 2.24) is 9.97 Å². The third kappa shape index (κ3) is 2.05.